The summed E-state index contributed by atoms with van der Waals surface area (Å²) < 4.78 is 24.8. The number of hydrogen-bond acceptors (Lipinski definition) is 5. The Kier molecular flexibility index (Phi) is 6.66. The molecule has 1 aromatic rings. The second kappa shape index (κ2) is 9.70. The number of halogens is 1. The van der Waals surface area contributed by atoms with E-state index in [1.165, 1.54) is 6.07 Å². The van der Waals surface area contributed by atoms with E-state index >= 15 is 0 Å². The molecule has 4 heterocycles. The summed E-state index contributed by atoms with van der Waals surface area (Å²) in [5.74, 6) is -0.252. The zero-order valence-electron chi connectivity index (χ0n) is 19.9. The van der Waals surface area contributed by atoms with Crippen LogP contribution in [-0.2, 0) is 14.9 Å². The number of anilines is 1. The topological polar surface area (TPSA) is 74.4 Å². The van der Waals surface area contributed by atoms with Crippen LogP contribution >= 0.6 is 0 Å². The van der Waals surface area contributed by atoms with Crippen LogP contribution < -0.4 is 10.2 Å². The van der Waals surface area contributed by atoms with Crippen molar-refractivity contribution in [2.24, 2.45) is 0 Å². The van der Waals surface area contributed by atoms with Crippen molar-refractivity contribution in [3.8, 4) is 0 Å². The molecule has 1 N–H and O–H groups in total. The first-order valence-corrected chi connectivity index (χ1v) is 12.6. The van der Waals surface area contributed by atoms with E-state index in [-0.39, 0.29) is 30.8 Å². The molecule has 0 aromatic heterocycles. The largest absolute Gasteiger partial charge is 0.450 e. The van der Waals surface area contributed by atoms with Crippen molar-refractivity contribution in [1.29, 1.82) is 0 Å². The van der Waals surface area contributed by atoms with Crippen LogP contribution in [0, 0.1) is 5.82 Å². The van der Waals surface area contributed by atoms with Gasteiger partial charge in [-0.15, -0.1) is 0 Å². The van der Waals surface area contributed by atoms with Crippen molar-refractivity contribution in [3.05, 3.63) is 29.6 Å². The van der Waals surface area contributed by atoms with Gasteiger partial charge in [-0.2, -0.15) is 0 Å². The first-order valence-electron chi connectivity index (χ1n) is 12.6. The Morgan fingerprint density at radius 1 is 1.21 bits per heavy atom. The van der Waals surface area contributed by atoms with Gasteiger partial charge in [-0.3, -0.25) is 4.90 Å². The number of piperidine rings is 2. The van der Waals surface area contributed by atoms with Crippen molar-refractivity contribution >= 4 is 17.8 Å². The van der Waals surface area contributed by atoms with Crippen molar-refractivity contribution in [1.82, 2.24) is 15.1 Å². The highest BCUT2D eigenvalue weighted by Gasteiger charge is 2.47. The van der Waals surface area contributed by atoms with Gasteiger partial charge < -0.3 is 24.6 Å². The fraction of sp³-hybridized carbons (Fsp3) is 0.680. The third kappa shape index (κ3) is 4.47. The number of urea groups is 1. The average Bonchev–Trinajstić information content (AvgIpc) is 3.46. The fourth-order valence-electron chi connectivity index (χ4n) is 6.10. The normalized spacial score (nSPS) is 24.9. The molecule has 8 nitrogen and oxygen atoms in total. The zero-order chi connectivity index (χ0) is 23.7. The van der Waals surface area contributed by atoms with Crippen molar-refractivity contribution in [2.45, 2.75) is 56.5 Å². The molecule has 3 amide bonds. The highest BCUT2D eigenvalue weighted by atomic mass is 19.1. The summed E-state index contributed by atoms with van der Waals surface area (Å²) in [6.07, 6.45) is 4.26. The second-order valence-electron chi connectivity index (χ2n) is 9.99. The van der Waals surface area contributed by atoms with Gasteiger partial charge in [0.2, 0.25) is 0 Å². The summed E-state index contributed by atoms with van der Waals surface area (Å²) in [6.45, 7) is 7.29. The molecule has 9 heteroatoms. The van der Waals surface area contributed by atoms with Gasteiger partial charge in [-0.1, -0.05) is 0 Å². The molecule has 1 atom stereocenters. The van der Waals surface area contributed by atoms with E-state index in [2.05, 4.69) is 10.2 Å². The van der Waals surface area contributed by atoms with Gasteiger partial charge in [-0.05, 0) is 75.9 Å². The Labute approximate surface area is 201 Å². The van der Waals surface area contributed by atoms with E-state index in [1.54, 1.807) is 21.9 Å². The van der Waals surface area contributed by atoms with E-state index < -0.39 is 0 Å². The quantitative estimate of drug-likeness (QED) is 0.724. The molecule has 34 heavy (non-hydrogen) atoms. The van der Waals surface area contributed by atoms with Crippen LogP contribution in [0.1, 0.15) is 46.0 Å². The highest BCUT2D eigenvalue weighted by molar-refractivity contribution is 5.95. The summed E-state index contributed by atoms with van der Waals surface area (Å²) in [4.78, 5) is 31.3. The standard InChI is InChI=1S/C25H35FN4O4.H2/c1-2-34-24(32)29-10-5-20(6-11-29)28-12-8-25(9-13-28)17-30(22-4-3-18(26)15-21(22)25)23(31)27-19-7-14-33-16-19;/h3-4,15,19-20H,2,5-14,16-17H2,1H3,(H,27,31);1H/t19-;/m0./s1. The molecule has 4 aliphatic rings. The van der Waals surface area contributed by atoms with Gasteiger partial charge in [0.05, 0.1) is 19.3 Å². The van der Waals surface area contributed by atoms with Crippen molar-refractivity contribution < 1.29 is 24.9 Å². The molecule has 1 aromatic carbocycles. The molecule has 3 fully saturated rings. The van der Waals surface area contributed by atoms with Crippen molar-refractivity contribution in [2.75, 3.05) is 57.4 Å². The summed E-state index contributed by atoms with van der Waals surface area (Å²) in [5.41, 5.74) is 1.57. The van der Waals surface area contributed by atoms with Crippen LogP contribution in [0.15, 0.2) is 18.2 Å². The average molecular weight is 477 g/mol. The molecule has 0 aliphatic carbocycles. The minimum Gasteiger partial charge on any atom is -0.450 e. The van der Waals surface area contributed by atoms with E-state index in [4.69, 9.17) is 9.47 Å². The molecule has 188 valence electrons. The smallest absolute Gasteiger partial charge is 0.409 e. The number of benzene rings is 1. The predicted octanol–water partition coefficient (Wildman–Crippen LogP) is 3.34. The van der Waals surface area contributed by atoms with Gasteiger partial charge in [-0.25, -0.2) is 14.0 Å². The Bertz CT molecular complexity index is 913. The summed E-state index contributed by atoms with van der Waals surface area (Å²) in [6, 6.07) is 5.20. The molecular weight excluding hydrogens is 439 g/mol. The maximum absolute atomic E-state index is 14.3. The van der Waals surface area contributed by atoms with Crippen molar-refractivity contribution in [3.63, 3.8) is 0 Å². The molecule has 3 saturated heterocycles. The van der Waals surface area contributed by atoms with Gasteiger partial charge in [0, 0.05) is 44.8 Å². The lowest BCUT2D eigenvalue weighted by molar-refractivity contribution is 0.0580. The number of hydrogen-bond donors (Lipinski definition) is 1. The third-order valence-electron chi connectivity index (χ3n) is 8.05. The number of nitrogens with one attached hydrogen (secondary N) is 1. The Morgan fingerprint density at radius 2 is 1.97 bits per heavy atom. The summed E-state index contributed by atoms with van der Waals surface area (Å²) >= 11 is 0. The number of carbonyl (C=O) groups excluding carboxylic acids is 2. The molecule has 1 spiro atoms. The minimum absolute atomic E-state index is 0. The lowest BCUT2D eigenvalue weighted by Gasteiger charge is -2.45. The minimum atomic E-state index is -0.252. The van der Waals surface area contributed by atoms with Gasteiger partial charge in [0.15, 0.2) is 0 Å². The molecular formula is C25H37FN4O4. The number of fused-ring (bicyclic) bond motifs is 2. The molecule has 0 radical (unpaired) electrons. The molecule has 0 unspecified atom stereocenters. The Hall–Kier alpha value is -2.39. The van der Waals surface area contributed by atoms with Crippen LogP contribution in [0.2, 0.25) is 0 Å². The number of rotatable bonds is 3. The number of ether oxygens (including phenoxy) is 2. The number of amides is 3. The van der Waals surface area contributed by atoms with Gasteiger partial charge >= 0.3 is 12.1 Å². The van der Waals surface area contributed by atoms with E-state index in [0.717, 1.165) is 69.5 Å². The SMILES string of the molecule is CCOC(=O)N1CCC(N2CCC3(CC2)CN(C(=O)N[C@H]2CCOC2)c2ccc(F)cc23)CC1.[HH]. The molecule has 0 bridgehead atoms. The predicted molar refractivity (Wildman–Crippen MR) is 128 cm³/mol. The number of carbonyl (C=O) groups is 2. The van der Waals surface area contributed by atoms with E-state index in [9.17, 15) is 14.0 Å². The Morgan fingerprint density at radius 3 is 2.65 bits per heavy atom. The molecule has 5 rings (SSSR count). The monoisotopic (exact) mass is 476 g/mol. The fourth-order valence-corrected chi connectivity index (χ4v) is 6.10. The van der Waals surface area contributed by atoms with Crippen LogP contribution in [0.4, 0.5) is 19.7 Å². The number of likely N-dealkylation sites (tertiary alicyclic amines) is 2. The third-order valence-corrected chi connectivity index (χ3v) is 8.05. The van der Waals surface area contributed by atoms with Crippen LogP contribution in [-0.4, -0.2) is 86.6 Å². The van der Waals surface area contributed by atoms with Crippen LogP contribution in [0.5, 0.6) is 0 Å². The maximum atomic E-state index is 14.3. The lowest BCUT2D eigenvalue weighted by atomic mass is 9.74. The summed E-state index contributed by atoms with van der Waals surface area (Å²) in [5, 5.41) is 3.10. The first-order chi connectivity index (χ1) is 16.5. The van der Waals surface area contributed by atoms with Gasteiger partial charge in [0.25, 0.3) is 0 Å². The summed E-state index contributed by atoms with van der Waals surface area (Å²) in [7, 11) is 0. The molecule has 0 saturated carbocycles. The highest BCUT2D eigenvalue weighted by Crippen LogP contribution is 2.47. The second-order valence-corrected chi connectivity index (χ2v) is 9.99. The first kappa shape index (κ1) is 23.4. The van der Waals surface area contributed by atoms with Gasteiger partial charge in [0.1, 0.15) is 5.82 Å². The Balaban J connectivity index is 0.00000289. The maximum Gasteiger partial charge on any atom is 0.409 e. The zero-order valence-corrected chi connectivity index (χ0v) is 19.9. The molecule has 4 aliphatic heterocycles. The van der Waals surface area contributed by atoms with E-state index in [0.29, 0.717) is 32.4 Å². The lowest BCUT2D eigenvalue weighted by Crippen LogP contribution is -2.53. The van der Waals surface area contributed by atoms with E-state index in [1.807, 2.05) is 6.92 Å². The van der Waals surface area contributed by atoms with Crippen LogP contribution in [0.25, 0.3) is 0 Å². The van der Waals surface area contributed by atoms with Crippen LogP contribution in [0.3, 0.4) is 0 Å². The number of nitrogens with zero attached hydrogens (tertiary/aromatic N) is 3.